The Balaban J connectivity index is 0.000000980. The van der Waals surface area contributed by atoms with Crippen LogP contribution in [0, 0.1) is 0 Å². The van der Waals surface area contributed by atoms with Crippen molar-refractivity contribution in [2.75, 3.05) is 39.3 Å². The number of halogens is 3. The van der Waals surface area contributed by atoms with Crippen LogP contribution < -0.4 is 10.6 Å². The van der Waals surface area contributed by atoms with Crippen LogP contribution in [0.5, 0.6) is 0 Å². The Kier molecular flexibility index (Phi) is 21.9. The molecular formula is C15H32Cl3N3Ti. The van der Waals surface area contributed by atoms with Crippen LogP contribution >= 0.6 is 27.9 Å². The standard InChI is InChI=1S/C15H32N3.3ClH.Ti/c1-4-10-16-12-6-2-8-14-18-15-9-3-7-13-17-11-5-1;;;;/h16-17H,1-15H2;3*1H;/q-1;;;;+4/p-3. The van der Waals surface area contributed by atoms with Gasteiger partial charge >= 0.3 is 42.6 Å². The molecular weight excluding hydrogens is 376 g/mol. The van der Waals surface area contributed by atoms with Crippen LogP contribution in [0.1, 0.15) is 57.8 Å². The second-order valence-corrected chi connectivity index (χ2v) is 13.3. The van der Waals surface area contributed by atoms with Gasteiger partial charge in [0.2, 0.25) is 0 Å². The Morgan fingerprint density at radius 1 is 0.545 bits per heavy atom. The van der Waals surface area contributed by atoms with E-state index in [4.69, 9.17) is 27.9 Å². The summed E-state index contributed by atoms with van der Waals surface area (Å²) in [5, 5.41) is 11.7. The second-order valence-electron chi connectivity index (χ2n) is 5.57. The van der Waals surface area contributed by atoms with Gasteiger partial charge in [-0.2, -0.15) is 0 Å². The summed E-state index contributed by atoms with van der Waals surface area (Å²) in [5.74, 6) is 0. The van der Waals surface area contributed by atoms with Gasteiger partial charge < -0.3 is 16.0 Å². The third-order valence-corrected chi connectivity index (χ3v) is 3.55. The number of hydrogen-bond donors (Lipinski definition) is 2. The summed E-state index contributed by atoms with van der Waals surface area (Å²) >= 11 is -1.92. The number of nitrogens with one attached hydrogen (secondary N) is 2. The summed E-state index contributed by atoms with van der Waals surface area (Å²) < 4.78 is 0. The molecule has 1 saturated heterocycles. The first-order valence-corrected chi connectivity index (χ1v) is 15.1. The minimum absolute atomic E-state index is 1.08. The van der Waals surface area contributed by atoms with Crippen molar-refractivity contribution in [3.63, 3.8) is 0 Å². The molecule has 0 aromatic carbocycles. The summed E-state index contributed by atoms with van der Waals surface area (Å²) in [6.45, 7) is 6.95. The van der Waals surface area contributed by atoms with Crippen molar-refractivity contribution in [3.05, 3.63) is 5.32 Å². The van der Waals surface area contributed by atoms with Crippen LogP contribution in [0.15, 0.2) is 0 Å². The van der Waals surface area contributed by atoms with Gasteiger partial charge in [0.05, 0.1) is 0 Å². The van der Waals surface area contributed by atoms with Gasteiger partial charge in [-0.3, -0.25) is 0 Å². The number of nitrogens with zero attached hydrogens (tertiary/aromatic N) is 1. The molecule has 7 heteroatoms. The van der Waals surface area contributed by atoms with Crippen LogP contribution in [0.2, 0.25) is 0 Å². The Morgan fingerprint density at radius 2 is 0.864 bits per heavy atom. The maximum absolute atomic E-state index is 4.97. The number of rotatable bonds is 0. The zero-order valence-electron chi connectivity index (χ0n) is 13.7. The topological polar surface area (TPSA) is 38.2 Å². The van der Waals surface area contributed by atoms with Gasteiger partial charge in [0.15, 0.2) is 0 Å². The van der Waals surface area contributed by atoms with E-state index in [-0.39, 0.29) is 0 Å². The molecule has 0 amide bonds. The van der Waals surface area contributed by atoms with Crippen LogP contribution in [-0.4, -0.2) is 39.3 Å². The quantitative estimate of drug-likeness (QED) is 0.545. The monoisotopic (exact) mass is 407 g/mol. The molecule has 0 aliphatic carbocycles. The molecule has 1 aliphatic rings. The Hall–Kier alpha value is 1.46. The zero-order valence-corrected chi connectivity index (χ0v) is 17.5. The molecule has 0 radical (unpaired) electrons. The van der Waals surface area contributed by atoms with Gasteiger partial charge in [-0.05, 0) is 51.9 Å². The molecule has 1 rings (SSSR count). The molecule has 2 N–H and O–H groups in total. The molecule has 3 nitrogen and oxygen atoms in total. The van der Waals surface area contributed by atoms with Gasteiger partial charge in [0.1, 0.15) is 0 Å². The molecule has 132 valence electrons. The van der Waals surface area contributed by atoms with Gasteiger partial charge in [0.25, 0.3) is 0 Å². The molecule has 0 bridgehead atoms. The van der Waals surface area contributed by atoms with E-state index in [2.05, 4.69) is 16.0 Å². The summed E-state index contributed by atoms with van der Waals surface area (Å²) in [5.41, 5.74) is 0. The van der Waals surface area contributed by atoms with Gasteiger partial charge in [-0.25, -0.2) is 0 Å². The van der Waals surface area contributed by atoms with Crippen molar-refractivity contribution in [2.45, 2.75) is 57.8 Å². The molecule has 0 saturated carbocycles. The van der Waals surface area contributed by atoms with E-state index in [1.165, 1.54) is 84.0 Å². The molecule has 0 aromatic rings. The SMILES string of the molecule is C1CC[N-]CCCCCNCCCCCNCC1.[Cl][Ti+]([Cl])[Cl]. The van der Waals surface area contributed by atoms with E-state index < -0.39 is 14.7 Å². The summed E-state index contributed by atoms with van der Waals surface area (Å²) in [4.78, 5) is 0. The fraction of sp³-hybridized carbons (Fsp3) is 1.00. The molecule has 0 unspecified atom stereocenters. The summed E-state index contributed by atoms with van der Waals surface area (Å²) in [7, 11) is 14.9. The van der Waals surface area contributed by atoms with E-state index >= 15 is 0 Å². The Morgan fingerprint density at radius 3 is 1.23 bits per heavy atom. The van der Waals surface area contributed by atoms with Crippen LogP contribution in [0.3, 0.4) is 0 Å². The van der Waals surface area contributed by atoms with E-state index in [1.807, 2.05) is 0 Å². The summed E-state index contributed by atoms with van der Waals surface area (Å²) in [6, 6.07) is 0. The molecule has 22 heavy (non-hydrogen) atoms. The van der Waals surface area contributed by atoms with E-state index in [1.54, 1.807) is 0 Å². The maximum atomic E-state index is 4.97. The first kappa shape index (κ1) is 23.5. The predicted molar refractivity (Wildman–Crippen MR) is 97.9 cm³/mol. The van der Waals surface area contributed by atoms with Crippen molar-refractivity contribution < 1.29 is 14.7 Å². The first-order valence-electron chi connectivity index (χ1n) is 8.61. The van der Waals surface area contributed by atoms with Gasteiger partial charge in [-0.15, -0.1) is 13.1 Å². The third-order valence-electron chi connectivity index (χ3n) is 3.55. The second kappa shape index (κ2) is 20.5. The molecule has 1 fully saturated rings. The average Bonchev–Trinajstić information content (AvgIpc) is 2.47. The van der Waals surface area contributed by atoms with E-state index in [9.17, 15) is 0 Å². The van der Waals surface area contributed by atoms with Crippen LogP contribution in [0.25, 0.3) is 5.32 Å². The Bertz CT molecular complexity index is 135. The average molecular weight is 409 g/mol. The van der Waals surface area contributed by atoms with Crippen molar-refractivity contribution in [1.82, 2.24) is 10.6 Å². The van der Waals surface area contributed by atoms with Gasteiger partial charge in [-0.1, -0.05) is 32.1 Å². The fourth-order valence-electron chi connectivity index (χ4n) is 2.34. The zero-order chi connectivity index (χ0) is 16.3. The molecule has 0 aromatic heterocycles. The third kappa shape index (κ3) is 23.7. The molecule has 1 heterocycles. The van der Waals surface area contributed by atoms with Crippen LogP contribution in [0.4, 0.5) is 0 Å². The molecule has 0 spiro atoms. The van der Waals surface area contributed by atoms with Gasteiger partial charge in [0, 0.05) is 0 Å². The summed E-state index contributed by atoms with van der Waals surface area (Å²) in [6.07, 6.45) is 11.9. The van der Waals surface area contributed by atoms with Crippen molar-refractivity contribution in [2.24, 2.45) is 0 Å². The van der Waals surface area contributed by atoms with Crippen molar-refractivity contribution in [1.29, 1.82) is 0 Å². The molecule has 1 aliphatic heterocycles. The van der Waals surface area contributed by atoms with Crippen LogP contribution in [-0.2, 0) is 14.7 Å². The Labute approximate surface area is 155 Å². The first-order chi connectivity index (χ1) is 10.7. The normalized spacial score (nSPS) is 20.9. The van der Waals surface area contributed by atoms with E-state index in [0.717, 1.165) is 13.1 Å². The van der Waals surface area contributed by atoms with Crippen molar-refractivity contribution >= 4 is 27.9 Å². The van der Waals surface area contributed by atoms with Crippen molar-refractivity contribution in [3.8, 4) is 0 Å². The minimum atomic E-state index is -1.92. The predicted octanol–water partition coefficient (Wildman–Crippen LogP) is 5.13. The number of hydrogen-bond acceptors (Lipinski definition) is 2. The fourth-order valence-corrected chi connectivity index (χ4v) is 2.34. The van der Waals surface area contributed by atoms with E-state index in [0.29, 0.717) is 0 Å². The molecule has 0 atom stereocenters.